The molecule has 0 amide bonds. The van der Waals surface area contributed by atoms with Crippen LogP contribution in [0.4, 0.5) is 5.82 Å². The van der Waals surface area contributed by atoms with Crippen molar-refractivity contribution < 1.29 is 0 Å². The number of nitrogen functional groups attached to an aromatic ring is 1. The molecule has 0 saturated carbocycles. The predicted molar refractivity (Wildman–Crippen MR) is 41.9 cm³/mol. The number of aryl methyl sites for hydroxylation is 1. The summed E-state index contributed by atoms with van der Waals surface area (Å²) in [5.41, 5.74) is 3.67. The summed E-state index contributed by atoms with van der Waals surface area (Å²) < 4.78 is 1.56. The molecule has 2 heterocycles. The molecule has 0 atom stereocenters. The fraction of sp³-hybridized carbons (Fsp3) is 0.200. The number of nitrogens with zero attached hydrogens (tertiary/aromatic N) is 5. The number of aromatic nitrogens is 5. The van der Waals surface area contributed by atoms with E-state index in [4.69, 9.17) is 5.84 Å². The lowest BCUT2D eigenvalue weighted by molar-refractivity contribution is 0.736. The van der Waals surface area contributed by atoms with Crippen LogP contribution in [-0.4, -0.2) is 25.0 Å². The summed E-state index contributed by atoms with van der Waals surface area (Å²) in [6.07, 6.45) is 1.38. The van der Waals surface area contributed by atoms with Crippen LogP contribution in [0.3, 0.4) is 0 Å². The Bertz CT molecular complexity index is 405. The highest BCUT2D eigenvalue weighted by molar-refractivity contribution is 5.81. The average Bonchev–Trinajstić information content (AvgIpc) is 2.48. The minimum absolute atomic E-state index is 0.521. The quantitative estimate of drug-likeness (QED) is 0.417. The molecule has 62 valence electrons. The number of fused-ring (bicyclic) bond motifs is 1. The molecule has 12 heavy (non-hydrogen) atoms. The third kappa shape index (κ3) is 0.800. The van der Waals surface area contributed by atoms with Gasteiger partial charge in [-0.25, -0.2) is 20.5 Å². The Morgan fingerprint density at radius 3 is 3.08 bits per heavy atom. The van der Waals surface area contributed by atoms with E-state index >= 15 is 0 Å². The highest BCUT2D eigenvalue weighted by Crippen LogP contribution is 2.13. The lowest BCUT2D eigenvalue weighted by atomic mass is 10.5. The van der Waals surface area contributed by atoms with Gasteiger partial charge in [0.05, 0.1) is 0 Å². The molecule has 0 bridgehead atoms. The van der Waals surface area contributed by atoms with Crippen LogP contribution in [0.1, 0.15) is 0 Å². The van der Waals surface area contributed by atoms with Gasteiger partial charge in [-0.2, -0.15) is 0 Å². The molecule has 2 rings (SSSR count). The Kier molecular flexibility index (Phi) is 1.37. The second kappa shape index (κ2) is 2.38. The van der Waals surface area contributed by atoms with Crippen molar-refractivity contribution in [3.8, 4) is 0 Å². The summed E-state index contributed by atoms with van der Waals surface area (Å²) in [6, 6.07) is 0. The molecule has 0 fully saturated rings. The first kappa shape index (κ1) is 6.92. The van der Waals surface area contributed by atoms with E-state index in [9.17, 15) is 0 Å². The Balaban J connectivity index is 2.84. The van der Waals surface area contributed by atoms with Gasteiger partial charge in [0, 0.05) is 7.05 Å². The van der Waals surface area contributed by atoms with Gasteiger partial charge in [0.15, 0.2) is 11.3 Å². The van der Waals surface area contributed by atoms with Gasteiger partial charge in [-0.05, 0) is 0 Å². The molecule has 0 saturated heterocycles. The smallest absolute Gasteiger partial charge is 0.207 e. The lowest BCUT2D eigenvalue weighted by Gasteiger charge is -1.98. The number of nitrogens with two attached hydrogens (primary N) is 1. The number of hydrogen-bond acceptors (Lipinski definition) is 6. The first-order valence-corrected chi connectivity index (χ1v) is 3.30. The molecule has 2 aromatic rings. The van der Waals surface area contributed by atoms with Crippen molar-refractivity contribution in [2.45, 2.75) is 0 Å². The molecule has 0 aliphatic rings. The standard InChI is InChI=1S/C5H7N7/c1-12-3-4(9-6)7-2-8-5(3)10-11-12/h2H,6H2,1H3,(H,7,8,9). The zero-order chi connectivity index (χ0) is 8.55. The summed E-state index contributed by atoms with van der Waals surface area (Å²) in [4.78, 5) is 7.82. The molecule has 0 aliphatic heterocycles. The molecule has 0 aliphatic carbocycles. The lowest BCUT2D eigenvalue weighted by Crippen LogP contribution is -2.10. The molecule has 7 heteroatoms. The molecule has 0 unspecified atom stereocenters. The number of rotatable bonds is 1. The van der Waals surface area contributed by atoms with Crippen LogP contribution in [0.2, 0.25) is 0 Å². The van der Waals surface area contributed by atoms with Crippen LogP contribution in [0, 0.1) is 0 Å². The second-order valence-corrected chi connectivity index (χ2v) is 2.25. The van der Waals surface area contributed by atoms with Crippen LogP contribution in [0.15, 0.2) is 6.33 Å². The van der Waals surface area contributed by atoms with Gasteiger partial charge in [0.1, 0.15) is 6.33 Å². The highest BCUT2D eigenvalue weighted by atomic mass is 15.4. The Labute approximate surface area is 67.6 Å². The largest absolute Gasteiger partial charge is 0.307 e. The molecule has 7 nitrogen and oxygen atoms in total. The molecule has 2 aromatic heterocycles. The molecule has 3 N–H and O–H groups in total. The third-order valence-corrected chi connectivity index (χ3v) is 1.54. The van der Waals surface area contributed by atoms with Gasteiger partial charge in [-0.3, -0.25) is 0 Å². The van der Waals surface area contributed by atoms with Crippen LogP contribution in [0.25, 0.3) is 11.2 Å². The summed E-state index contributed by atoms with van der Waals surface area (Å²) in [6.45, 7) is 0. The summed E-state index contributed by atoms with van der Waals surface area (Å²) in [5.74, 6) is 5.76. The Hall–Kier alpha value is -1.76. The van der Waals surface area contributed by atoms with Crippen molar-refractivity contribution >= 4 is 17.0 Å². The molecule has 0 radical (unpaired) electrons. The Morgan fingerprint density at radius 1 is 1.50 bits per heavy atom. The van der Waals surface area contributed by atoms with Crippen molar-refractivity contribution in [2.75, 3.05) is 5.43 Å². The zero-order valence-corrected chi connectivity index (χ0v) is 6.39. The molecule has 0 aromatic carbocycles. The van der Waals surface area contributed by atoms with Crippen molar-refractivity contribution in [3.63, 3.8) is 0 Å². The van der Waals surface area contributed by atoms with Gasteiger partial charge < -0.3 is 5.43 Å². The maximum atomic E-state index is 5.23. The highest BCUT2D eigenvalue weighted by Gasteiger charge is 2.07. The van der Waals surface area contributed by atoms with Gasteiger partial charge in [-0.1, -0.05) is 5.21 Å². The maximum Gasteiger partial charge on any atom is 0.207 e. The van der Waals surface area contributed by atoms with E-state index in [2.05, 4.69) is 25.7 Å². The van der Waals surface area contributed by atoms with Crippen LogP contribution >= 0.6 is 0 Å². The summed E-state index contributed by atoms with van der Waals surface area (Å²) >= 11 is 0. The van der Waals surface area contributed by atoms with E-state index < -0.39 is 0 Å². The van der Waals surface area contributed by atoms with Gasteiger partial charge >= 0.3 is 0 Å². The topological polar surface area (TPSA) is 94.5 Å². The van der Waals surface area contributed by atoms with Crippen LogP contribution < -0.4 is 11.3 Å². The van der Waals surface area contributed by atoms with E-state index in [1.54, 1.807) is 11.7 Å². The van der Waals surface area contributed by atoms with E-state index in [-0.39, 0.29) is 0 Å². The SMILES string of the molecule is Cn1nnc2ncnc(NN)c21. The molecule has 0 spiro atoms. The summed E-state index contributed by atoms with van der Waals surface area (Å²) in [5, 5.41) is 7.57. The van der Waals surface area contributed by atoms with E-state index in [0.717, 1.165) is 0 Å². The van der Waals surface area contributed by atoms with Crippen molar-refractivity contribution in [3.05, 3.63) is 6.33 Å². The van der Waals surface area contributed by atoms with Crippen molar-refractivity contribution in [1.82, 2.24) is 25.0 Å². The molecular formula is C5H7N7. The normalized spacial score (nSPS) is 10.5. The second-order valence-electron chi connectivity index (χ2n) is 2.25. The number of hydrogen-bond donors (Lipinski definition) is 2. The monoisotopic (exact) mass is 165 g/mol. The first-order chi connectivity index (χ1) is 5.83. The zero-order valence-electron chi connectivity index (χ0n) is 6.39. The van der Waals surface area contributed by atoms with Gasteiger partial charge in [-0.15, -0.1) is 5.10 Å². The average molecular weight is 165 g/mol. The first-order valence-electron chi connectivity index (χ1n) is 3.30. The van der Waals surface area contributed by atoms with Crippen LogP contribution in [0.5, 0.6) is 0 Å². The fourth-order valence-corrected chi connectivity index (χ4v) is 1.00. The number of nitrogens with one attached hydrogen (secondary N) is 1. The van der Waals surface area contributed by atoms with Gasteiger partial charge in [0.2, 0.25) is 5.65 Å². The van der Waals surface area contributed by atoms with E-state index in [0.29, 0.717) is 17.0 Å². The number of anilines is 1. The maximum absolute atomic E-state index is 5.23. The minimum Gasteiger partial charge on any atom is -0.307 e. The van der Waals surface area contributed by atoms with Crippen molar-refractivity contribution in [2.24, 2.45) is 12.9 Å². The summed E-state index contributed by atoms with van der Waals surface area (Å²) in [7, 11) is 1.75. The minimum atomic E-state index is 0.521. The van der Waals surface area contributed by atoms with E-state index in [1.807, 2.05) is 0 Å². The number of hydrazine groups is 1. The van der Waals surface area contributed by atoms with Gasteiger partial charge in [0.25, 0.3) is 0 Å². The van der Waals surface area contributed by atoms with Crippen molar-refractivity contribution in [1.29, 1.82) is 0 Å². The fourth-order valence-electron chi connectivity index (χ4n) is 1.00. The molecular weight excluding hydrogens is 158 g/mol. The van der Waals surface area contributed by atoms with E-state index in [1.165, 1.54) is 6.33 Å². The predicted octanol–water partition coefficient (Wildman–Crippen LogP) is -0.956. The third-order valence-electron chi connectivity index (χ3n) is 1.54. The Morgan fingerprint density at radius 2 is 2.33 bits per heavy atom. The van der Waals surface area contributed by atoms with Crippen LogP contribution in [-0.2, 0) is 7.05 Å².